The standard InChI is InChI=1S/C21H30N4O4/c1-4-6-12-23(13-17(22)26)18(27)14-24-19(15(3)5-2)20(28)25(21(24)29)16-10-8-7-9-11-16/h7-11,15,19H,4-6,12-14H2,1-3H3,(H2,22,26)/t15-,19-/m0/s1. The van der Waals surface area contributed by atoms with Gasteiger partial charge in [0.15, 0.2) is 0 Å². The molecular weight excluding hydrogens is 372 g/mol. The van der Waals surface area contributed by atoms with Gasteiger partial charge in [-0.15, -0.1) is 0 Å². The van der Waals surface area contributed by atoms with Crippen molar-refractivity contribution >= 4 is 29.4 Å². The number of para-hydroxylation sites is 1. The van der Waals surface area contributed by atoms with Gasteiger partial charge in [0.25, 0.3) is 5.91 Å². The fourth-order valence-corrected chi connectivity index (χ4v) is 3.44. The summed E-state index contributed by atoms with van der Waals surface area (Å²) in [5, 5.41) is 0. The van der Waals surface area contributed by atoms with Crippen LogP contribution in [0.3, 0.4) is 0 Å². The highest BCUT2D eigenvalue weighted by Gasteiger charge is 2.48. The van der Waals surface area contributed by atoms with Crippen LogP contribution in [-0.4, -0.2) is 59.2 Å². The molecule has 2 atom stereocenters. The predicted octanol–water partition coefficient (Wildman–Crippen LogP) is 1.98. The third-order valence-electron chi connectivity index (χ3n) is 5.23. The first-order chi connectivity index (χ1) is 13.8. The van der Waals surface area contributed by atoms with Crippen molar-refractivity contribution in [2.45, 2.75) is 46.1 Å². The van der Waals surface area contributed by atoms with Crippen molar-refractivity contribution in [1.29, 1.82) is 0 Å². The van der Waals surface area contributed by atoms with E-state index in [1.54, 1.807) is 30.3 Å². The Morgan fingerprint density at radius 2 is 1.83 bits per heavy atom. The van der Waals surface area contributed by atoms with Crippen LogP contribution in [0.25, 0.3) is 0 Å². The van der Waals surface area contributed by atoms with E-state index < -0.39 is 18.0 Å². The summed E-state index contributed by atoms with van der Waals surface area (Å²) in [5.41, 5.74) is 5.76. The van der Waals surface area contributed by atoms with Gasteiger partial charge in [-0.3, -0.25) is 14.4 Å². The van der Waals surface area contributed by atoms with Crippen LogP contribution >= 0.6 is 0 Å². The average Bonchev–Trinajstić information content (AvgIpc) is 2.94. The minimum atomic E-state index is -0.724. The zero-order valence-corrected chi connectivity index (χ0v) is 17.3. The zero-order valence-electron chi connectivity index (χ0n) is 17.3. The molecule has 1 heterocycles. The number of nitrogens with zero attached hydrogens (tertiary/aromatic N) is 3. The summed E-state index contributed by atoms with van der Waals surface area (Å²) >= 11 is 0. The molecule has 5 amide bonds. The fourth-order valence-electron chi connectivity index (χ4n) is 3.44. The molecule has 0 bridgehead atoms. The third kappa shape index (κ3) is 5.13. The quantitative estimate of drug-likeness (QED) is 0.604. The van der Waals surface area contributed by atoms with Gasteiger partial charge >= 0.3 is 6.03 Å². The summed E-state index contributed by atoms with van der Waals surface area (Å²) in [4.78, 5) is 54.3. The molecule has 1 aromatic rings. The largest absolute Gasteiger partial charge is 0.368 e. The highest BCUT2D eigenvalue weighted by atomic mass is 16.2. The normalized spacial score (nSPS) is 17.6. The van der Waals surface area contributed by atoms with E-state index in [-0.39, 0.29) is 30.8 Å². The van der Waals surface area contributed by atoms with Crippen molar-refractivity contribution in [2.75, 3.05) is 24.5 Å². The van der Waals surface area contributed by atoms with Crippen LogP contribution in [-0.2, 0) is 14.4 Å². The smallest absolute Gasteiger partial charge is 0.332 e. The lowest BCUT2D eigenvalue weighted by Crippen LogP contribution is -2.48. The van der Waals surface area contributed by atoms with E-state index in [4.69, 9.17) is 5.73 Å². The van der Waals surface area contributed by atoms with E-state index >= 15 is 0 Å². The van der Waals surface area contributed by atoms with Crippen LogP contribution < -0.4 is 10.6 Å². The number of carbonyl (C=O) groups is 4. The van der Waals surface area contributed by atoms with Gasteiger partial charge in [-0.25, -0.2) is 9.69 Å². The van der Waals surface area contributed by atoms with Crippen molar-refractivity contribution in [1.82, 2.24) is 9.80 Å². The number of carbonyl (C=O) groups excluding carboxylic acids is 4. The molecule has 0 spiro atoms. The Morgan fingerprint density at radius 3 is 2.38 bits per heavy atom. The van der Waals surface area contributed by atoms with Crippen LogP contribution in [0.5, 0.6) is 0 Å². The predicted molar refractivity (Wildman–Crippen MR) is 110 cm³/mol. The van der Waals surface area contributed by atoms with E-state index in [2.05, 4.69) is 0 Å². The van der Waals surface area contributed by atoms with Gasteiger partial charge in [0.05, 0.1) is 12.2 Å². The van der Waals surface area contributed by atoms with Gasteiger partial charge in [0.1, 0.15) is 12.6 Å². The van der Waals surface area contributed by atoms with Gasteiger partial charge in [-0.2, -0.15) is 0 Å². The maximum atomic E-state index is 13.1. The van der Waals surface area contributed by atoms with Crippen LogP contribution in [0.2, 0.25) is 0 Å². The van der Waals surface area contributed by atoms with Crippen molar-refractivity contribution < 1.29 is 19.2 Å². The molecule has 1 aromatic carbocycles. The Bertz CT molecular complexity index is 752. The van der Waals surface area contributed by atoms with E-state index in [0.717, 1.165) is 17.7 Å². The van der Waals surface area contributed by atoms with Gasteiger partial charge in [0, 0.05) is 6.54 Å². The Morgan fingerprint density at radius 1 is 1.17 bits per heavy atom. The molecule has 0 saturated carbocycles. The second-order valence-electron chi connectivity index (χ2n) is 7.39. The Hall–Kier alpha value is -2.90. The van der Waals surface area contributed by atoms with Crippen LogP contribution in [0, 0.1) is 5.92 Å². The minimum Gasteiger partial charge on any atom is -0.368 e. The number of primary amides is 1. The molecule has 158 valence electrons. The lowest BCUT2D eigenvalue weighted by atomic mass is 9.98. The SMILES string of the molecule is CCCCN(CC(N)=O)C(=O)CN1C(=O)N(c2ccccc2)C(=O)[C@@H]1[C@@H](C)CC. The van der Waals surface area contributed by atoms with Crippen LogP contribution in [0.15, 0.2) is 30.3 Å². The first-order valence-corrected chi connectivity index (χ1v) is 10.1. The maximum Gasteiger partial charge on any atom is 0.332 e. The molecule has 1 aliphatic heterocycles. The van der Waals surface area contributed by atoms with Crippen LogP contribution in [0.4, 0.5) is 10.5 Å². The van der Waals surface area contributed by atoms with Crippen molar-refractivity contribution in [3.8, 4) is 0 Å². The number of benzene rings is 1. The van der Waals surface area contributed by atoms with Gasteiger partial charge in [0.2, 0.25) is 11.8 Å². The molecule has 0 aromatic heterocycles. The molecular formula is C21H30N4O4. The monoisotopic (exact) mass is 402 g/mol. The summed E-state index contributed by atoms with van der Waals surface area (Å²) in [6.45, 7) is 5.72. The number of hydrogen-bond donors (Lipinski definition) is 1. The summed E-state index contributed by atoms with van der Waals surface area (Å²) in [6.07, 6.45) is 2.25. The third-order valence-corrected chi connectivity index (χ3v) is 5.23. The van der Waals surface area contributed by atoms with E-state index in [1.807, 2.05) is 20.8 Å². The summed E-state index contributed by atoms with van der Waals surface area (Å²) in [7, 11) is 0. The molecule has 0 unspecified atom stereocenters. The van der Waals surface area contributed by atoms with E-state index in [1.165, 1.54) is 9.80 Å². The number of hydrogen-bond acceptors (Lipinski definition) is 4. The molecule has 8 heteroatoms. The van der Waals surface area contributed by atoms with Crippen molar-refractivity contribution in [3.63, 3.8) is 0 Å². The molecule has 2 N–H and O–H groups in total. The number of unbranched alkanes of at least 4 members (excludes halogenated alkanes) is 1. The topological polar surface area (TPSA) is 104 Å². The zero-order chi connectivity index (χ0) is 21.6. The number of anilines is 1. The first kappa shape index (κ1) is 22.4. The Labute approximate surface area is 171 Å². The average molecular weight is 402 g/mol. The molecule has 1 saturated heterocycles. The van der Waals surface area contributed by atoms with E-state index in [0.29, 0.717) is 18.7 Å². The number of nitrogens with two attached hydrogens (primary N) is 1. The van der Waals surface area contributed by atoms with Gasteiger partial charge in [-0.1, -0.05) is 51.8 Å². The maximum absolute atomic E-state index is 13.1. The summed E-state index contributed by atoms with van der Waals surface area (Å²) < 4.78 is 0. The van der Waals surface area contributed by atoms with Crippen molar-refractivity contribution in [3.05, 3.63) is 30.3 Å². The molecule has 0 radical (unpaired) electrons. The second kappa shape index (κ2) is 10.0. The lowest BCUT2D eigenvalue weighted by molar-refractivity contribution is -0.136. The van der Waals surface area contributed by atoms with Gasteiger partial charge < -0.3 is 15.5 Å². The summed E-state index contributed by atoms with van der Waals surface area (Å²) in [5.74, 6) is -1.45. The number of imide groups is 1. The number of rotatable bonds is 10. The molecule has 1 aliphatic rings. The molecule has 29 heavy (non-hydrogen) atoms. The Balaban J connectivity index is 2.29. The minimum absolute atomic E-state index is 0.117. The number of urea groups is 1. The molecule has 8 nitrogen and oxygen atoms in total. The molecule has 1 fully saturated rings. The lowest BCUT2D eigenvalue weighted by Gasteiger charge is -2.28. The highest BCUT2D eigenvalue weighted by molar-refractivity contribution is 6.22. The highest BCUT2D eigenvalue weighted by Crippen LogP contribution is 2.29. The van der Waals surface area contributed by atoms with Gasteiger partial charge in [-0.05, 0) is 24.5 Å². The van der Waals surface area contributed by atoms with E-state index in [9.17, 15) is 19.2 Å². The summed E-state index contributed by atoms with van der Waals surface area (Å²) in [6, 6.07) is 7.44. The fraction of sp³-hybridized carbons (Fsp3) is 0.524. The van der Waals surface area contributed by atoms with Crippen LogP contribution in [0.1, 0.15) is 40.0 Å². The second-order valence-corrected chi connectivity index (χ2v) is 7.39. The molecule has 0 aliphatic carbocycles. The van der Waals surface area contributed by atoms with Crippen molar-refractivity contribution in [2.24, 2.45) is 11.7 Å². The Kier molecular flexibility index (Phi) is 7.75. The molecule has 2 rings (SSSR count). The first-order valence-electron chi connectivity index (χ1n) is 10.1. The number of amides is 5.